The van der Waals surface area contributed by atoms with Crippen LogP contribution in [0.15, 0.2) is 18.2 Å². The first-order chi connectivity index (χ1) is 8.97. The molecule has 5 heteroatoms. The molecule has 1 aromatic rings. The number of hydrogen-bond donors (Lipinski definition) is 2. The third-order valence-corrected chi connectivity index (χ3v) is 2.68. The topological polar surface area (TPSA) is 52.6 Å². The summed E-state index contributed by atoms with van der Waals surface area (Å²) in [7, 11) is 1.59. The molecule has 0 saturated carbocycles. The Bertz CT molecular complexity index is 435. The van der Waals surface area contributed by atoms with Crippen molar-refractivity contribution in [3.8, 4) is 0 Å². The predicted octanol–water partition coefficient (Wildman–Crippen LogP) is 2.10. The molecule has 1 atom stereocenters. The summed E-state index contributed by atoms with van der Waals surface area (Å²) in [6, 6.07) is 4.42. The number of carbonyl (C=O) groups excluding carboxylic acids is 1. The highest BCUT2D eigenvalue weighted by atomic mass is 19.1. The average Bonchev–Trinajstić information content (AvgIpc) is 2.35. The van der Waals surface area contributed by atoms with Crippen molar-refractivity contribution in [1.29, 1.82) is 0 Å². The van der Waals surface area contributed by atoms with Crippen molar-refractivity contribution in [2.45, 2.75) is 26.4 Å². The van der Waals surface area contributed by atoms with E-state index in [0.717, 1.165) is 6.42 Å². The molecule has 1 aromatic carbocycles. The molecule has 0 aromatic heterocycles. The molecular weight excluding hydrogens is 247 g/mol. The number of aliphatic hydroxyl groups excluding tert-OH is 1. The standard InChI is InChI=1S/C14H21FN2O2/c1-4-8-16-13-11(6-5-7-12(13)15)14(19)17(3)9-10(2)18/h5-7,10,16,18H,4,8-9H2,1-3H3. The number of carbonyl (C=O) groups is 1. The first-order valence-corrected chi connectivity index (χ1v) is 6.43. The Morgan fingerprint density at radius 1 is 1.53 bits per heavy atom. The van der Waals surface area contributed by atoms with Crippen LogP contribution < -0.4 is 5.32 Å². The molecule has 1 unspecified atom stereocenters. The van der Waals surface area contributed by atoms with Gasteiger partial charge in [-0.2, -0.15) is 0 Å². The number of nitrogens with zero attached hydrogens (tertiary/aromatic N) is 1. The van der Waals surface area contributed by atoms with Crippen LogP contribution in [0.4, 0.5) is 10.1 Å². The van der Waals surface area contributed by atoms with E-state index in [1.54, 1.807) is 20.0 Å². The monoisotopic (exact) mass is 268 g/mol. The first-order valence-electron chi connectivity index (χ1n) is 6.43. The van der Waals surface area contributed by atoms with Crippen LogP contribution >= 0.6 is 0 Å². The minimum Gasteiger partial charge on any atom is -0.392 e. The van der Waals surface area contributed by atoms with Crippen LogP contribution in [-0.2, 0) is 0 Å². The minimum absolute atomic E-state index is 0.211. The van der Waals surface area contributed by atoms with Gasteiger partial charge < -0.3 is 15.3 Å². The molecular formula is C14H21FN2O2. The molecule has 0 spiro atoms. The second kappa shape index (κ2) is 7.09. The number of amides is 1. The van der Waals surface area contributed by atoms with Gasteiger partial charge in [-0.25, -0.2) is 4.39 Å². The zero-order valence-corrected chi connectivity index (χ0v) is 11.6. The average molecular weight is 268 g/mol. The molecule has 0 aliphatic rings. The van der Waals surface area contributed by atoms with Gasteiger partial charge in [-0.15, -0.1) is 0 Å². The number of para-hydroxylation sites is 1. The van der Waals surface area contributed by atoms with E-state index in [4.69, 9.17) is 0 Å². The molecule has 0 radical (unpaired) electrons. The number of anilines is 1. The van der Waals surface area contributed by atoms with Gasteiger partial charge in [0, 0.05) is 20.1 Å². The van der Waals surface area contributed by atoms with Crippen molar-refractivity contribution in [2.24, 2.45) is 0 Å². The summed E-state index contributed by atoms with van der Waals surface area (Å²) >= 11 is 0. The first kappa shape index (κ1) is 15.4. The Morgan fingerprint density at radius 3 is 2.79 bits per heavy atom. The summed E-state index contributed by atoms with van der Waals surface area (Å²) in [6.45, 7) is 4.38. The van der Waals surface area contributed by atoms with Gasteiger partial charge in [-0.05, 0) is 25.5 Å². The lowest BCUT2D eigenvalue weighted by Gasteiger charge is -2.21. The molecule has 1 rings (SSSR count). The lowest BCUT2D eigenvalue weighted by Crippen LogP contribution is -2.33. The predicted molar refractivity (Wildman–Crippen MR) is 73.8 cm³/mol. The number of benzene rings is 1. The van der Waals surface area contributed by atoms with Crippen molar-refractivity contribution in [3.63, 3.8) is 0 Å². The largest absolute Gasteiger partial charge is 0.392 e. The molecule has 0 fully saturated rings. The van der Waals surface area contributed by atoms with Crippen LogP contribution in [0.2, 0.25) is 0 Å². The van der Waals surface area contributed by atoms with Crippen LogP contribution in [-0.4, -0.2) is 42.2 Å². The summed E-state index contributed by atoms with van der Waals surface area (Å²) in [5, 5.41) is 12.2. The zero-order valence-electron chi connectivity index (χ0n) is 11.6. The van der Waals surface area contributed by atoms with E-state index in [1.807, 2.05) is 6.92 Å². The van der Waals surface area contributed by atoms with Crippen molar-refractivity contribution in [1.82, 2.24) is 4.90 Å². The molecule has 19 heavy (non-hydrogen) atoms. The molecule has 0 saturated heterocycles. The Kier molecular flexibility index (Phi) is 5.76. The van der Waals surface area contributed by atoms with E-state index < -0.39 is 11.9 Å². The van der Waals surface area contributed by atoms with E-state index >= 15 is 0 Å². The number of rotatable bonds is 6. The molecule has 4 nitrogen and oxygen atoms in total. The molecule has 0 heterocycles. The number of aliphatic hydroxyl groups is 1. The van der Waals surface area contributed by atoms with Crippen LogP contribution in [0.1, 0.15) is 30.6 Å². The number of nitrogens with one attached hydrogen (secondary N) is 1. The quantitative estimate of drug-likeness (QED) is 0.830. The Balaban J connectivity index is 2.98. The molecule has 2 N–H and O–H groups in total. The fraction of sp³-hybridized carbons (Fsp3) is 0.500. The van der Waals surface area contributed by atoms with E-state index in [0.29, 0.717) is 6.54 Å². The lowest BCUT2D eigenvalue weighted by molar-refractivity contribution is 0.0704. The number of hydrogen-bond acceptors (Lipinski definition) is 3. The van der Waals surface area contributed by atoms with Crippen molar-refractivity contribution < 1.29 is 14.3 Å². The van der Waals surface area contributed by atoms with Crippen LogP contribution in [0, 0.1) is 5.82 Å². The van der Waals surface area contributed by atoms with Crippen molar-refractivity contribution in [2.75, 3.05) is 25.5 Å². The maximum absolute atomic E-state index is 13.8. The highest BCUT2D eigenvalue weighted by Gasteiger charge is 2.19. The van der Waals surface area contributed by atoms with E-state index in [2.05, 4.69) is 5.32 Å². The Labute approximate surface area is 113 Å². The van der Waals surface area contributed by atoms with E-state index in [1.165, 1.54) is 17.0 Å². The smallest absolute Gasteiger partial charge is 0.255 e. The normalized spacial score (nSPS) is 12.1. The van der Waals surface area contributed by atoms with E-state index in [9.17, 15) is 14.3 Å². The van der Waals surface area contributed by atoms with Crippen molar-refractivity contribution >= 4 is 11.6 Å². The molecule has 106 valence electrons. The third-order valence-electron chi connectivity index (χ3n) is 2.68. The fourth-order valence-electron chi connectivity index (χ4n) is 1.82. The zero-order chi connectivity index (χ0) is 14.4. The molecule has 0 aliphatic carbocycles. The van der Waals surface area contributed by atoms with Gasteiger partial charge in [-0.1, -0.05) is 13.0 Å². The number of halogens is 1. The van der Waals surface area contributed by atoms with E-state index in [-0.39, 0.29) is 23.7 Å². The highest BCUT2D eigenvalue weighted by Crippen LogP contribution is 2.21. The van der Waals surface area contributed by atoms with Gasteiger partial charge in [0.05, 0.1) is 17.4 Å². The SMILES string of the molecule is CCCNc1c(F)cccc1C(=O)N(C)CC(C)O. The van der Waals surface area contributed by atoms with Crippen LogP contribution in [0.3, 0.4) is 0 Å². The van der Waals surface area contributed by atoms with Gasteiger partial charge in [-0.3, -0.25) is 4.79 Å². The highest BCUT2D eigenvalue weighted by molar-refractivity contribution is 5.99. The minimum atomic E-state index is -0.616. The summed E-state index contributed by atoms with van der Waals surface area (Å²) in [4.78, 5) is 13.6. The van der Waals surface area contributed by atoms with Gasteiger partial charge >= 0.3 is 0 Å². The molecule has 0 aliphatic heterocycles. The van der Waals surface area contributed by atoms with Crippen LogP contribution in [0.5, 0.6) is 0 Å². The number of likely N-dealkylation sites (N-methyl/N-ethyl adjacent to an activating group) is 1. The maximum atomic E-state index is 13.8. The van der Waals surface area contributed by atoms with Gasteiger partial charge in [0.2, 0.25) is 0 Å². The fourth-order valence-corrected chi connectivity index (χ4v) is 1.82. The molecule has 0 bridgehead atoms. The maximum Gasteiger partial charge on any atom is 0.255 e. The second-order valence-corrected chi connectivity index (χ2v) is 4.62. The third kappa shape index (κ3) is 4.21. The second-order valence-electron chi connectivity index (χ2n) is 4.62. The summed E-state index contributed by atoms with van der Waals surface area (Å²) in [6.07, 6.45) is 0.223. The van der Waals surface area contributed by atoms with Gasteiger partial charge in [0.15, 0.2) is 0 Å². The Morgan fingerprint density at radius 2 is 2.21 bits per heavy atom. The van der Waals surface area contributed by atoms with Crippen LogP contribution in [0.25, 0.3) is 0 Å². The Hall–Kier alpha value is -1.62. The van der Waals surface area contributed by atoms with Gasteiger partial charge in [0.1, 0.15) is 5.82 Å². The van der Waals surface area contributed by atoms with Gasteiger partial charge in [0.25, 0.3) is 5.91 Å². The summed E-state index contributed by atoms with van der Waals surface area (Å²) < 4.78 is 13.8. The summed E-state index contributed by atoms with van der Waals surface area (Å²) in [5.41, 5.74) is 0.517. The summed E-state index contributed by atoms with van der Waals surface area (Å²) in [5.74, 6) is -0.747. The molecule has 1 amide bonds. The van der Waals surface area contributed by atoms with Crippen molar-refractivity contribution in [3.05, 3.63) is 29.6 Å². The lowest BCUT2D eigenvalue weighted by atomic mass is 10.1.